The molecule has 0 radical (unpaired) electrons. The van der Waals surface area contributed by atoms with E-state index in [9.17, 15) is 13.8 Å². The maximum absolute atomic E-state index is 12.4. The topological polar surface area (TPSA) is 89.3 Å². The van der Waals surface area contributed by atoms with E-state index in [2.05, 4.69) is 5.32 Å². The summed E-state index contributed by atoms with van der Waals surface area (Å²) in [7, 11) is -1.25. The van der Waals surface area contributed by atoms with Crippen LogP contribution in [0.3, 0.4) is 0 Å². The summed E-state index contributed by atoms with van der Waals surface area (Å²) in [6.45, 7) is 0. The van der Waals surface area contributed by atoms with Crippen LogP contribution in [0.15, 0.2) is 77.7 Å². The van der Waals surface area contributed by atoms with Crippen molar-refractivity contribution in [3.05, 3.63) is 78.4 Å². The third-order valence-electron chi connectivity index (χ3n) is 4.46. The number of hydrogen-bond acceptors (Lipinski definition) is 3. The lowest BCUT2D eigenvalue weighted by Gasteiger charge is -2.15. The first-order chi connectivity index (χ1) is 13.5. The van der Waals surface area contributed by atoms with Crippen LogP contribution in [0.1, 0.15) is 12.0 Å². The molecule has 0 bridgehead atoms. The van der Waals surface area contributed by atoms with Gasteiger partial charge in [-0.15, -0.1) is 0 Å². The van der Waals surface area contributed by atoms with Gasteiger partial charge < -0.3 is 11.1 Å². The summed E-state index contributed by atoms with van der Waals surface area (Å²) >= 11 is 0. The molecule has 6 heteroatoms. The average molecular weight is 394 g/mol. The van der Waals surface area contributed by atoms with Crippen LogP contribution >= 0.6 is 0 Å². The number of fused-ring (bicyclic) bond motifs is 1. The van der Waals surface area contributed by atoms with E-state index < -0.39 is 22.7 Å². The van der Waals surface area contributed by atoms with Gasteiger partial charge in [0.05, 0.1) is 17.2 Å². The Balaban J connectivity index is 1.59. The van der Waals surface area contributed by atoms with Crippen molar-refractivity contribution in [1.82, 2.24) is 5.32 Å². The van der Waals surface area contributed by atoms with E-state index in [1.54, 1.807) is 12.1 Å². The van der Waals surface area contributed by atoms with Gasteiger partial charge >= 0.3 is 0 Å². The number of nitrogens with two attached hydrogens (primary N) is 1. The monoisotopic (exact) mass is 394 g/mol. The summed E-state index contributed by atoms with van der Waals surface area (Å²) < 4.78 is 12.3. The Morgan fingerprint density at radius 1 is 0.929 bits per heavy atom. The fourth-order valence-electron chi connectivity index (χ4n) is 2.98. The average Bonchev–Trinajstić information content (AvgIpc) is 2.71. The molecule has 2 amide bonds. The van der Waals surface area contributed by atoms with Gasteiger partial charge in [-0.05, 0) is 34.9 Å². The molecule has 0 spiro atoms. The van der Waals surface area contributed by atoms with Crippen LogP contribution in [-0.2, 0) is 26.8 Å². The molecule has 144 valence electrons. The minimum Gasteiger partial charge on any atom is -0.368 e. The van der Waals surface area contributed by atoms with Gasteiger partial charge in [0.15, 0.2) is 0 Å². The largest absolute Gasteiger partial charge is 0.368 e. The molecule has 0 aliphatic carbocycles. The summed E-state index contributed by atoms with van der Waals surface area (Å²) in [5, 5.41) is 4.83. The van der Waals surface area contributed by atoms with E-state index in [1.807, 2.05) is 60.7 Å². The highest BCUT2D eigenvalue weighted by Crippen LogP contribution is 2.16. The maximum Gasteiger partial charge on any atom is 0.240 e. The zero-order chi connectivity index (χ0) is 19.9. The van der Waals surface area contributed by atoms with E-state index in [1.165, 1.54) is 0 Å². The number of hydrogen-bond donors (Lipinski definition) is 2. The molecule has 2 atom stereocenters. The van der Waals surface area contributed by atoms with Crippen LogP contribution in [0.4, 0.5) is 0 Å². The van der Waals surface area contributed by atoms with Gasteiger partial charge in [0.25, 0.3) is 0 Å². The highest BCUT2D eigenvalue weighted by Gasteiger charge is 2.19. The fraction of sp³-hybridized carbons (Fsp3) is 0.182. The first kappa shape index (κ1) is 19.8. The van der Waals surface area contributed by atoms with E-state index in [0.29, 0.717) is 4.90 Å². The van der Waals surface area contributed by atoms with Crippen LogP contribution < -0.4 is 11.1 Å². The Hall–Kier alpha value is -2.99. The summed E-state index contributed by atoms with van der Waals surface area (Å²) in [5.74, 6) is -0.671. The van der Waals surface area contributed by atoms with Gasteiger partial charge in [-0.1, -0.05) is 60.7 Å². The first-order valence-electron chi connectivity index (χ1n) is 9.03. The second-order valence-corrected chi connectivity index (χ2v) is 8.10. The molecule has 0 heterocycles. The van der Waals surface area contributed by atoms with Gasteiger partial charge in [-0.25, -0.2) is 0 Å². The summed E-state index contributed by atoms with van der Waals surface area (Å²) in [4.78, 5) is 24.8. The number of carbonyl (C=O) groups is 2. The van der Waals surface area contributed by atoms with Crippen LogP contribution in [0.25, 0.3) is 10.8 Å². The minimum absolute atomic E-state index is 0.149. The summed E-state index contributed by atoms with van der Waals surface area (Å²) in [5.41, 5.74) is 6.28. The summed E-state index contributed by atoms with van der Waals surface area (Å²) in [6.07, 6.45) is 0.372. The van der Waals surface area contributed by atoms with Gasteiger partial charge in [-0.2, -0.15) is 0 Å². The van der Waals surface area contributed by atoms with E-state index in [4.69, 9.17) is 5.73 Å². The standard InChI is InChI=1S/C22H22N2O3S/c23-22(26)20(12-13-28(27)19-8-2-1-3-9-19)24-21(25)15-16-10-11-17-6-4-5-7-18(17)14-16/h1-11,14,20H,12-13,15H2,(H2,23,26)(H,24,25)/t20-,28+/m1/s1. The molecular weight excluding hydrogens is 372 g/mol. The molecule has 0 unspecified atom stereocenters. The second-order valence-electron chi connectivity index (χ2n) is 6.53. The number of amides is 2. The molecule has 0 fully saturated rings. The molecule has 0 aliphatic rings. The third kappa shape index (κ3) is 5.27. The molecule has 5 nitrogen and oxygen atoms in total. The second kappa shape index (κ2) is 9.28. The molecule has 0 aromatic heterocycles. The van der Waals surface area contributed by atoms with Crippen molar-refractivity contribution >= 4 is 33.4 Å². The Morgan fingerprint density at radius 3 is 2.32 bits per heavy atom. The van der Waals surface area contributed by atoms with E-state index in [-0.39, 0.29) is 24.5 Å². The van der Waals surface area contributed by atoms with Crippen molar-refractivity contribution in [2.45, 2.75) is 23.8 Å². The van der Waals surface area contributed by atoms with Crippen LogP contribution in [0.2, 0.25) is 0 Å². The lowest BCUT2D eigenvalue weighted by Crippen LogP contribution is -2.45. The predicted octanol–water partition coefficient (Wildman–Crippen LogP) is 2.55. The fourth-order valence-corrected chi connectivity index (χ4v) is 4.13. The number of nitrogens with one attached hydrogen (secondary N) is 1. The quantitative estimate of drug-likeness (QED) is 0.615. The normalized spacial score (nSPS) is 13.0. The van der Waals surface area contributed by atoms with E-state index >= 15 is 0 Å². The molecule has 3 N–H and O–H groups in total. The molecule has 28 heavy (non-hydrogen) atoms. The molecule has 3 rings (SSSR count). The van der Waals surface area contributed by atoms with Crippen LogP contribution in [0.5, 0.6) is 0 Å². The number of rotatable bonds is 8. The predicted molar refractivity (Wildman–Crippen MR) is 111 cm³/mol. The van der Waals surface area contributed by atoms with Crippen LogP contribution in [-0.4, -0.2) is 27.8 Å². The van der Waals surface area contributed by atoms with Gasteiger partial charge in [0.2, 0.25) is 11.8 Å². The molecule has 3 aromatic carbocycles. The Morgan fingerprint density at radius 2 is 1.61 bits per heavy atom. The third-order valence-corrected chi connectivity index (χ3v) is 5.86. The van der Waals surface area contributed by atoms with Crippen molar-refractivity contribution in [3.8, 4) is 0 Å². The highest BCUT2D eigenvalue weighted by molar-refractivity contribution is 7.85. The number of carbonyl (C=O) groups excluding carboxylic acids is 2. The molecule has 3 aromatic rings. The van der Waals surface area contributed by atoms with E-state index in [0.717, 1.165) is 16.3 Å². The molecule has 0 saturated heterocycles. The minimum atomic E-state index is -1.25. The molecule has 0 saturated carbocycles. The van der Waals surface area contributed by atoms with Crippen molar-refractivity contribution in [2.24, 2.45) is 5.73 Å². The highest BCUT2D eigenvalue weighted by atomic mass is 32.2. The van der Waals surface area contributed by atoms with Crippen molar-refractivity contribution in [1.29, 1.82) is 0 Å². The van der Waals surface area contributed by atoms with Crippen molar-refractivity contribution < 1.29 is 13.8 Å². The SMILES string of the molecule is NC(=O)[C@@H](CC[S@](=O)c1ccccc1)NC(=O)Cc1ccc2ccccc2c1. The Kier molecular flexibility index (Phi) is 6.55. The van der Waals surface area contributed by atoms with Gasteiger partial charge in [-0.3, -0.25) is 13.8 Å². The first-order valence-corrected chi connectivity index (χ1v) is 10.3. The smallest absolute Gasteiger partial charge is 0.240 e. The van der Waals surface area contributed by atoms with Crippen LogP contribution in [0, 0.1) is 0 Å². The van der Waals surface area contributed by atoms with Crippen molar-refractivity contribution in [2.75, 3.05) is 5.75 Å². The Labute approximate surface area is 166 Å². The Bertz CT molecular complexity index is 1000. The number of primary amides is 1. The van der Waals surface area contributed by atoms with Gasteiger partial charge in [0.1, 0.15) is 6.04 Å². The van der Waals surface area contributed by atoms with Gasteiger partial charge in [0, 0.05) is 10.6 Å². The number of benzene rings is 3. The zero-order valence-electron chi connectivity index (χ0n) is 15.3. The molecule has 0 aliphatic heterocycles. The lowest BCUT2D eigenvalue weighted by atomic mass is 10.0. The molecular formula is C22H22N2O3S. The van der Waals surface area contributed by atoms with Crippen molar-refractivity contribution in [3.63, 3.8) is 0 Å². The maximum atomic E-state index is 12.4. The lowest BCUT2D eigenvalue weighted by molar-refractivity contribution is -0.127. The zero-order valence-corrected chi connectivity index (χ0v) is 16.2. The summed E-state index contributed by atoms with van der Waals surface area (Å²) in [6, 6.07) is 21.9.